The Kier molecular flexibility index (Phi) is 10.9. The van der Waals surface area contributed by atoms with Gasteiger partial charge in [-0.3, -0.25) is 13.9 Å². The van der Waals surface area contributed by atoms with Crippen LogP contribution in [0.15, 0.2) is 42.5 Å². The number of nitrogens with one attached hydrogen (secondary N) is 1. The Balaban J connectivity index is 2.51. The van der Waals surface area contributed by atoms with E-state index in [1.54, 1.807) is 56.3 Å². The van der Waals surface area contributed by atoms with Crippen LogP contribution in [-0.2, 0) is 26.2 Å². The first-order valence-electron chi connectivity index (χ1n) is 11.6. The van der Waals surface area contributed by atoms with Crippen molar-refractivity contribution in [3.8, 4) is 5.75 Å². The van der Waals surface area contributed by atoms with Crippen LogP contribution in [-0.4, -0.2) is 56.6 Å². The molecule has 0 heterocycles. The molecule has 0 saturated carbocycles. The van der Waals surface area contributed by atoms with Gasteiger partial charge in [0, 0.05) is 12.6 Å². The van der Waals surface area contributed by atoms with Gasteiger partial charge in [0.2, 0.25) is 21.8 Å². The highest BCUT2D eigenvalue weighted by Gasteiger charge is 2.32. The molecule has 2 amide bonds. The van der Waals surface area contributed by atoms with Gasteiger partial charge in [0.1, 0.15) is 18.3 Å². The van der Waals surface area contributed by atoms with Crippen LogP contribution in [0.25, 0.3) is 0 Å². The van der Waals surface area contributed by atoms with Crippen molar-refractivity contribution in [3.05, 3.63) is 58.1 Å². The summed E-state index contributed by atoms with van der Waals surface area (Å²) in [5.41, 5.74) is 0.888. The molecule has 2 aromatic rings. The topological polar surface area (TPSA) is 96.0 Å². The lowest BCUT2D eigenvalue weighted by Crippen LogP contribution is -2.53. The summed E-state index contributed by atoms with van der Waals surface area (Å²) >= 11 is 12.2. The monoisotopic (exact) mass is 557 g/mol. The second kappa shape index (κ2) is 13.2. The number of rotatable bonds is 12. The van der Waals surface area contributed by atoms with Crippen LogP contribution in [0, 0.1) is 0 Å². The number of ether oxygens (including phenoxy) is 1. The fraction of sp³-hybridized carbons (Fsp3) is 0.440. The third-order valence-electron chi connectivity index (χ3n) is 5.27. The van der Waals surface area contributed by atoms with Crippen molar-refractivity contribution in [2.45, 2.75) is 52.7 Å². The molecule has 0 spiro atoms. The molecule has 11 heteroatoms. The van der Waals surface area contributed by atoms with E-state index in [0.717, 1.165) is 10.6 Å². The van der Waals surface area contributed by atoms with E-state index in [9.17, 15) is 18.0 Å². The van der Waals surface area contributed by atoms with Gasteiger partial charge in [0.25, 0.3) is 0 Å². The zero-order valence-electron chi connectivity index (χ0n) is 21.1. The summed E-state index contributed by atoms with van der Waals surface area (Å²) in [5, 5.41) is 3.51. The van der Waals surface area contributed by atoms with E-state index >= 15 is 0 Å². The fourth-order valence-corrected chi connectivity index (χ4v) is 4.84. The molecule has 0 unspecified atom stereocenters. The van der Waals surface area contributed by atoms with E-state index in [1.165, 1.54) is 4.90 Å². The maximum atomic E-state index is 13.7. The number of hydrogen-bond donors (Lipinski definition) is 1. The molecule has 0 aliphatic carbocycles. The number of benzene rings is 2. The Morgan fingerprint density at radius 1 is 1.06 bits per heavy atom. The maximum Gasteiger partial charge on any atom is 0.244 e. The maximum absolute atomic E-state index is 13.7. The summed E-state index contributed by atoms with van der Waals surface area (Å²) in [6, 6.07) is 10.6. The predicted molar refractivity (Wildman–Crippen MR) is 144 cm³/mol. The number of para-hydroxylation sites is 2. The molecule has 0 aromatic heterocycles. The van der Waals surface area contributed by atoms with Crippen molar-refractivity contribution in [1.82, 2.24) is 10.2 Å². The molecule has 1 atom stereocenters. The molecular formula is C25H33Cl2N3O5S. The molecule has 0 fully saturated rings. The first kappa shape index (κ1) is 29.7. The highest BCUT2D eigenvalue weighted by molar-refractivity contribution is 7.92. The Morgan fingerprint density at radius 2 is 1.72 bits per heavy atom. The van der Waals surface area contributed by atoms with Crippen molar-refractivity contribution in [3.63, 3.8) is 0 Å². The molecule has 2 rings (SSSR count). The fourth-order valence-electron chi connectivity index (χ4n) is 3.67. The smallest absolute Gasteiger partial charge is 0.244 e. The Labute approximate surface area is 223 Å². The normalized spacial score (nSPS) is 12.2. The molecule has 8 nitrogen and oxygen atoms in total. The van der Waals surface area contributed by atoms with E-state index in [1.807, 2.05) is 13.8 Å². The minimum Gasteiger partial charge on any atom is -0.492 e. The van der Waals surface area contributed by atoms with Gasteiger partial charge in [-0.15, -0.1) is 0 Å². The number of carbonyl (C=O) groups is 2. The Morgan fingerprint density at radius 3 is 2.28 bits per heavy atom. The van der Waals surface area contributed by atoms with E-state index in [-0.39, 0.29) is 24.2 Å². The molecule has 198 valence electrons. The molecule has 2 aromatic carbocycles. The van der Waals surface area contributed by atoms with Crippen molar-refractivity contribution < 1.29 is 22.7 Å². The number of nitrogens with zero attached hydrogens (tertiary/aromatic N) is 2. The highest BCUT2D eigenvalue weighted by atomic mass is 35.5. The zero-order chi connectivity index (χ0) is 27.0. The average Bonchev–Trinajstić information content (AvgIpc) is 2.79. The summed E-state index contributed by atoms with van der Waals surface area (Å²) in [6.07, 6.45) is 1.34. The van der Waals surface area contributed by atoms with Crippen molar-refractivity contribution in [2.24, 2.45) is 0 Å². The molecule has 0 aliphatic heterocycles. The number of sulfonamides is 1. The first-order chi connectivity index (χ1) is 16.9. The number of anilines is 1. The molecular weight excluding hydrogens is 525 g/mol. The molecule has 1 N–H and O–H groups in total. The van der Waals surface area contributed by atoms with Crippen LogP contribution in [0.1, 0.15) is 39.7 Å². The minimum atomic E-state index is -3.88. The largest absolute Gasteiger partial charge is 0.492 e. The van der Waals surface area contributed by atoms with Crippen LogP contribution in [0.3, 0.4) is 0 Å². The Hall–Kier alpha value is -2.49. The number of hydrogen-bond acceptors (Lipinski definition) is 5. The molecule has 36 heavy (non-hydrogen) atoms. The van der Waals surface area contributed by atoms with Gasteiger partial charge in [-0.1, -0.05) is 48.3 Å². The number of carbonyl (C=O) groups excluding carboxylic acids is 2. The van der Waals surface area contributed by atoms with E-state index < -0.39 is 28.5 Å². The number of halogens is 2. The summed E-state index contributed by atoms with van der Waals surface area (Å²) in [6.45, 7) is 7.06. The van der Waals surface area contributed by atoms with Crippen molar-refractivity contribution in [2.75, 3.05) is 23.7 Å². The van der Waals surface area contributed by atoms with Gasteiger partial charge in [0.15, 0.2) is 0 Å². The van der Waals surface area contributed by atoms with Gasteiger partial charge in [-0.05, 0) is 57.0 Å². The number of amides is 2. The van der Waals surface area contributed by atoms with Crippen LogP contribution < -0.4 is 14.4 Å². The first-order valence-corrected chi connectivity index (χ1v) is 14.2. The summed E-state index contributed by atoms with van der Waals surface area (Å²) in [5.74, 6) is -0.552. The lowest BCUT2D eigenvalue weighted by Gasteiger charge is -2.33. The van der Waals surface area contributed by atoms with Crippen molar-refractivity contribution in [1.29, 1.82) is 0 Å². The van der Waals surface area contributed by atoms with E-state index in [0.29, 0.717) is 34.4 Å². The van der Waals surface area contributed by atoms with Gasteiger partial charge >= 0.3 is 0 Å². The van der Waals surface area contributed by atoms with Gasteiger partial charge in [-0.25, -0.2) is 8.42 Å². The lowest BCUT2D eigenvalue weighted by atomic mass is 10.1. The van der Waals surface area contributed by atoms with Crippen LogP contribution >= 0.6 is 23.2 Å². The van der Waals surface area contributed by atoms with Crippen LogP contribution in [0.2, 0.25) is 10.0 Å². The average molecular weight is 559 g/mol. The van der Waals surface area contributed by atoms with E-state index in [2.05, 4.69) is 5.32 Å². The second-order valence-corrected chi connectivity index (χ2v) is 11.2. The van der Waals surface area contributed by atoms with Gasteiger partial charge in [-0.2, -0.15) is 0 Å². The molecule has 0 bridgehead atoms. The molecule has 0 radical (unpaired) electrons. The standard InChI is InChI=1S/C25H33Cl2N3O5S/c1-6-21(25(32)28-17(3)4)29(15-18-12-13-19(26)20(27)14-18)24(31)16-30(36(5,33)34)22-10-8-9-11-23(22)35-7-2/h8-14,17,21H,6-7,15-16H2,1-5H3,(H,28,32)/t21-/m0/s1. The summed E-state index contributed by atoms with van der Waals surface area (Å²) in [4.78, 5) is 28.1. The van der Waals surface area contributed by atoms with Crippen molar-refractivity contribution >= 4 is 50.7 Å². The molecule has 0 saturated heterocycles. The van der Waals surface area contributed by atoms with Gasteiger partial charge < -0.3 is 15.0 Å². The summed E-state index contributed by atoms with van der Waals surface area (Å²) < 4.78 is 32.2. The van der Waals surface area contributed by atoms with Gasteiger partial charge in [0.05, 0.1) is 28.6 Å². The highest BCUT2D eigenvalue weighted by Crippen LogP contribution is 2.30. The van der Waals surface area contributed by atoms with E-state index in [4.69, 9.17) is 27.9 Å². The summed E-state index contributed by atoms with van der Waals surface area (Å²) in [7, 11) is -3.88. The lowest BCUT2D eigenvalue weighted by molar-refractivity contribution is -0.140. The minimum absolute atomic E-state index is 0.0322. The second-order valence-electron chi connectivity index (χ2n) is 8.53. The molecule has 0 aliphatic rings. The SMILES string of the molecule is CCOc1ccccc1N(CC(=O)N(Cc1ccc(Cl)c(Cl)c1)[C@@H](CC)C(=O)NC(C)C)S(C)(=O)=O. The third-order valence-corrected chi connectivity index (χ3v) is 7.13. The quantitative estimate of drug-likeness (QED) is 0.414. The Bertz CT molecular complexity index is 1170. The van der Waals surface area contributed by atoms with Crippen LogP contribution in [0.5, 0.6) is 5.75 Å². The third kappa shape index (κ3) is 8.01. The zero-order valence-corrected chi connectivity index (χ0v) is 23.5. The predicted octanol–water partition coefficient (Wildman–Crippen LogP) is 4.49. The van der Waals surface area contributed by atoms with Crippen LogP contribution in [0.4, 0.5) is 5.69 Å².